The van der Waals surface area contributed by atoms with Gasteiger partial charge in [-0.25, -0.2) is 9.97 Å². The maximum absolute atomic E-state index is 13.5. The first-order valence-corrected chi connectivity index (χ1v) is 12.7. The van der Waals surface area contributed by atoms with Gasteiger partial charge in [-0.05, 0) is 54.8 Å². The normalized spacial score (nSPS) is 11.4. The van der Waals surface area contributed by atoms with Crippen molar-refractivity contribution in [2.24, 2.45) is 0 Å². The van der Waals surface area contributed by atoms with E-state index in [1.165, 1.54) is 10.5 Å². The van der Waals surface area contributed by atoms with E-state index in [1.807, 2.05) is 39.9 Å². The molecule has 0 bridgehead atoms. The van der Waals surface area contributed by atoms with Crippen LogP contribution in [-0.4, -0.2) is 32.2 Å². The molecule has 2 heterocycles. The Morgan fingerprint density at radius 3 is 2.69 bits per heavy atom. The zero-order chi connectivity index (χ0) is 22.5. The molecule has 5 nitrogen and oxygen atoms in total. The van der Waals surface area contributed by atoms with Crippen molar-refractivity contribution >= 4 is 44.4 Å². The lowest BCUT2D eigenvalue weighted by Gasteiger charge is -2.20. The highest BCUT2D eigenvalue weighted by molar-refractivity contribution is 7.99. The monoisotopic (exact) mass is 464 g/mol. The van der Waals surface area contributed by atoms with Crippen LogP contribution in [0.5, 0.6) is 0 Å². The lowest BCUT2D eigenvalue weighted by molar-refractivity contribution is 0.0986. The van der Waals surface area contributed by atoms with Crippen molar-refractivity contribution in [2.45, 2.75) is 50.3 Å². The second kappa shape index (κ2) is 10.3. The van der Waals surface area contributed by atoms with E-state index in [1.54, 1.807) is 35.6 Å². The van der Waals surface area contributed by atoms with Crippen molar-refractivity contribution in [3.8, 4) is 0 Å². The zero-order valence-corrected chi connectivity index (χ0v) is 20.3. The van der Waals surface area contributed by atoms with Crippen LogP contribution < -0.4 is 4.90 Å². The molecule has 4 aromatic rings. The Morgan fingerprint density at radius 2 is 2.00 bits per heavy atom. The molecule has 7 heteroatoms. The van der Waals surface area contributed by atoms with E-state index in [9.17, 15) is 4.79 Å². The molecule has 166 valence electrons. The molecule has 0 aliphatic heterocycles. The van der Waals surface area contributed by atoms with Crippen molar-refractivity contribution in [3.05, 3.63) is 72.3 Å². The van der Waals surface area contributed by atoms with Crippen LogP contribution in [0.4, 0.5) is 5.13 Å². The topological polar surface area (TPSA) is 51.0 Å². The summed E-state index contributed by atoms with van der Waals surface area (Å²) in [6.45, 7) is 7.89. The fraction of sp³-hybridized carbons (Fsp3) is 0.320. The van der Waals surface area contributed by atoms with Crippen LogP contribution in [0, 0.1) is 0 Å². The summed E-state index contributed by atoms with van der Waals surface area (Å²) >= 11 is 3.39. The van der Waals surface area contributed by atoms with Gasteiger partial charge in [0.2, 0.25) is 0 Å². The van der Waals surface area contributed by atoms with Gasteiger partial charge >= 0.3 is 0 Å². The third-order valence-corrected chi connectivity index (χ3v) is 7.21. The summed E-state index contributed by atoms with van der Waals surface area (Å²) in [5.41, 5.74) is 2.91. The molecule has 1 amide bonds. The average Bonchev–Trinajstić information content (AvgIpc) is 3.45. The largest absolute Gasteiger partial charge is 0.337 e. The van der Waals surface area contributed by atoms with Crippen LogP contribution in [0.25, 0.3) is 10.2 Å². The van der Waals surface area contributed by atoms with Gasteiger partial charge in [-0.15, -0.1) is 11.8 Å². The van der Waals surface area contributed by atoms with Crippen LogP contribution in [0.3, 0.4) is 0 Å². The van der Waals surface area contributed by atoms with Crippen molar-refractivity contribution < 1.29 is 4.79 Å². The van der Waals surface area contributed by atoms with Gasteiger partial charge in [0.05, 0.1) is 16.5 Å². The van der Waals surface area contributed by atoms with Crippen molar-refractivity contribution in [1.29, 1.82) is 0 Å². The Labute approximate surface area is 197 Å². The maximum atomic E-state index is 13.5. The fourth-order valence-electron chi connectivity index (χ4n) is 3.51. The summed E-state index contributed by atoms with van der Waals surface area (Å²) in [6, 6.07) is 14.3. The smallest absolute Gasteiger partial charge is 0.260 e. The number of hydrogen-bond donors (Lipinski definition) is 0. The Bertz CT molecular complexity index is 1170. The van der Waals surface area contributed by atoms with Gasteiger partial charge in [-0.2, -0.15) is 0 Å². The third kappa shape index (κ3) is 5.40. The molecule has 4 rings (SSSR count). The number of anilines is 1. The van der Waals surface area contributed by atoms with E-state index in [4.69, 9.17) is 4.98 Å². The molecule has 0 radical (unpaired) electrons. The summed E-state index contributed by atoms with van der Waals surface area (Å²) in [5, 5.41) is 1.26. The number of nitrogens with zero attached hydrogens (tertiary/aromatic N) is 4. The highest BCUT2D eigenvalue weighted by Crippen LogP contribution is 2.31. The number of rotatable bonds is 9. The first-order valence-electron chi connectivity index (χ1n) is 11.0. The molecule has 2 aromatic carbocycles. The predicted molar refractivity (Wildman–Crippen MR) is 135 cm³/mol. The lowest BCUT2D eigenvalue weighted by atomic mass is 10.2. The predicted octanol–water partition coefficient (Wildman–Crippen LogP) is 6.29. The Kier molecular flexibility index (Phi) is 7.27. The van der Waals surface area contributed by atoms with E-state index >= 15 is 0 Å². The van der Waals surface area contributed by atoms with Crippen LogP contribution >= 0.6 is 23.1 Å². The van der Waals surface area contributed by atoms with Crippen LogP contribution in [0.1, 0.15) is 43.1 Å². The molecule has 0 N–H and O–H groups in total. The molecule has 0 atom stereocenters. The molecule has 0 aliphatic rings. The quantitative estimate of drug-likeness (QED) is 0.273. The molecule has 0 aliphatic carbocycles. The molecule has 0 unspecified atom stereocenters. The van der Waals surface area contributed by atoms with Gasteiger partial charge in [0.25, 0.3) is 5.91 Å². The van der Waals surface area contributed by atoms with Crippen LogP contribution in [0.2, 0.25) is 0 Å². The Hall–Kier alpha value is -2.64. The molecular formula is C25H28N4OS2. The van der Waals surface area contributed by atoms with Crippen LogP contribution in [0.15, 0.2) is 66.1 Å². The summed E-state index contributed by atoms with van der Waals surface area (Å²) in [5.74, 6) is -0.00787. The molecule has 0 fully saturated rings. The van der Waals surface area contributed by atoms with E-state index in [2.05, 4.69) is 44.0 Å². The highest BCUT2D eigenvalue weighted by atomic mass is 32.2. The van der Waals surface area contributed by atoms with E-state index in [-0.39, 0.29) is 5.91 Å². The van der Waals surface area contributed by atoms with E-state index in [0.717, 1.165) is 34.7 Å². The minimum Gasteiger partial charge on any atom is -0.337 e. The molecule has 0 spiro atoms. The number of benzene rings is 2. The Balaban J connectivity index is 1.59. The number of aryl methyl sites for hydroxylation is 2. The second-order valence-electron chi connectivity index (χ2n) is 7.95. The Morgan fingerprint density at radius 1 is 1.19 bits per heavy atom. The highest BCUT2D eigenvalue weighted by Gasteiger charge is 2.21. The summed E-state index contributed by atoms with van der Waals surface area (Å²) < 4.78 is 3.15. The second-order valence-corrected chi connectivity index (χ2v) is 10.6. The van der Waals surface area contributed by atoms with E-state index < -0.39 is 0 Å². The number of carbonyl (C=O) groups excluding carboxylic acids is 1. The maximum Gasteiger partial charge on any atom is 0.260 e. The number of imidazole rings is 1. The number of thioether (sulfide) groups is 1. The number of aromatic nitrogens is 3. The molecular weight excluding hydrogens is 436 g/mol. The average molecular weight is 465 g/mol. The third-order valence-electron chi connectivity index (χ3n) is 5.16. The van der Waals surface area contributed by atoms with Crippen molar-refractivity contribution in [1.82, 2.24) is 14.5 Å². The van der Waals surface area contributed by atoms with E-state index in [0.29, 0.717) is 17.4 Å². The molecule has 0 saturated heterocycles. The number of hydrogen-bond acceptors (Lipinski definition) is 5. The molecule has 0 saturated carbocycles. The first-order chi connectivity index (χ1) is 15.5. The zero-order valence-electron chi connectivity index (χ0n) is 18.7. The molecule has 32 heavy (non-hydrogen) atoms. The van der Waals surface area contributed by atoms with Crippen LogP contribution in [-0.2, 0) is 13.0 Å². The van der Waals surface area contributed by atoms with Gasteiger partial charge < -0.3 is 4.57 Å². The summed E-state index contributed by atoms with van der Waals surface area (Å²) in [6.07, 6.45) is 7.33. The first kappa shape index (κ1) is 22.6. The number of fused-ring (bicyclic) bond motifs is 1. The fourth-order valence-corrected chi connectivity index (χ4v) is 5.40. The summed E-state index contributed by atoms with van der Waals surface area (Å²) in [7, 11) is 0. The van der Waals surface area contributed by atoms with Gasteiger partial charge in [0.15, 0.2) is 5.13 Å². The number of carbonyl (C=O) groups is 1. The van der Waals surface area contributed by atoms with Gasteiger partial charge in [0, 0.05) is 41.2 Å². The standard InChI is InChI=1S/C25H28N4OS2/c1-4-19-6-11-22-23(16-19)32-25(27-22)29(14-5-13-28-15-12-26-17-28)24(30)20-7-9-21(10-8-20)31-18(2)3/h6-12,15-18H,4-5,13-14H2,1-3H3. The number of amides is 1. The minimum absolute atomic E-state index is 0.00787. The summed E-state index contributed by atoms with van der Waals surface area (Å²) in [4.78, 5) is 25.5. The molecule has 2 aromatic heterocycles. The SMILES string of the molecule is CCc1ccc2nc(N(CCCn3ccnc3)C(=O)c3ccc(SC(C)C)cc3)sc2c1. The van der Waals surface area contributed by atoms with Crippen molar-refractivity contribution in [3.63, 3.8) is 0 Å². The number of thiazole rings is 1. The minimum atomic E-state index is -0.00787. The van der Waals surface area contributed by atoms with Gasteiger partial charge in [-0.3, -0.25) is 9.69 Å². The van der Waals surface area contributed by atoms with Crippen molar-refractivity contribution in [2.75, 3.05) is 11.4 Å². The lowest BCUT2D eigenvalue weighted by Crippen LogP contribution is -2.32. The van der Waals surface area contributed by atoms with Gasteiger partial charge in [-0.1, -0.05) is 38.2 Å². The van der Waals surface area contributed by atoms with Gasteiger partial charge in [0.1, 0.15) is 0 Å².